The van der Waals surface area contributed by atoms with E-state index in [0.29, 0.717) is 0 Å². The second-order valence-corrected chi connectivity index (χ2v) is 3.03. The minimum atomic E-state index is -0.338. The maximum Gasteiger partial charge on any atom is 0.302 e. The van der Waals surface area contributed by atoms with Gasteiger partial charge in [-0.1, -0.05) is 0 Å². The maximum atomic E-state index is 10.6. The predicted molar refractivity (Wildman–Crippen MR) is 50.4 cm³/mol. The number of hydrogen-bond acceptors (Lipinski definition) is 4. The van der Waals surface area contributed by atoms with E-state index >= 15 is 0 Å². The van der Waals surface area contributed by atoms with Crippen molar-refractivity contribution in [2.45, 2.75) is 27.1 Å². The fourth-order valence-corrected chi connectivity index (χ4v) is 1.10. The Morgan fingerprint density at radius 3 is 2.86 bits per heavy atom. The van der Waals surface area contributed by atoms with E-state index in [2.05, 4.69) is 4.98 Å². The number of aliphatic hydroxyl groups excluding tert-OH is 1. The number of carbonyl (C=O) groups is 1. The molecule has 1 rings (SSSR count). The van der Waals surface area contributed by atoms with Gasteiger partial charge in [0.1, 0.15) is 6.61 Å². The molecule has 0 bridgehead atoms. The first-order valence-corrected chi connectivity index (χ1v) is 4.32. The van der Waals surface area contributed by atoms with E-state index < -0.39 is 0 Å². The fourth-order valence-electron chi connectivity index (χ4n) is 1.10. The summed E-state index contributed by atoms with van der Waals surface area (Å²) in [7, 11) is 0. The molecule has 14 heavy (non-hydrogen) atoms. The number of nitrogens with zero attached hydrogens (tertiary/aromatic N) is 1. The molecule has 1 N–H and O–H groups in total. The molecule has 0 atom stereocenters. The number of rotatable bonds is 3. The highest BCUT2D eigenvalue weighted by molar-refractivity contribution is 5.65. The van der Waals surface area contributed by atoms with Gasteiger partial charge >= 0.3 is 5.97 Å². The molecule has 0 aliphatic carbocycles. The van der Waals surface area contributed by atoms with E-state index in [1.165, 1.54) is 6.92 Å². The Labute approximate surface area is 82.5 Å². The quantitative estimate of drug-likeness (QED) is 0.729. The van der Waals surface area contributed by atoms with Gasteiger partial charge in [-0.3, -0.25) is 9.78 Å². The Kier molecular flexibility index (Phi) is 3.59. The van der Waals surface area contributed by atoms with E-state index in [0.717, 1.165) is 16.8 Å². The molecule has 1 heterocycles. The Hall–Kier alpha value is -1.42. The molecule has 0 aromatic carbocycles. The van der Waals surface area contributed by atoms with Gasteiger partial charge in [0.2, 0.25) is 0 Å². The van der Waals surface area contributed by atoms with Crippen LogP contribution in [-0.4, -0.2) is 16.1 Å². The largest absolute Gasteiger partial charge is 0.461 e. The van der Waals surface area contributed by atoms with Crippen molar-refractivity contribution < 1.29 is 14.6 Å². The van der Waals surface area contributed by atoms with Crippen molar-refractivity contribution in [3.05, 3.63) is 29.1 Å². The zero-order chi connectivity index (χ0) is 10.6. The molecule has 0 aliphatic heterocycles. The highest BCUT2D eigenvalue weighted by atomic mass is 16.5. The smallest absolute Gasteiger partial charge is 0.302 e. The normalized spacial score (nSPS) is 9.93. The second-order valence-electron chi connectivity index (χ2n) is 3.03. The average Bonchev–Trinajstić information content (AvgIpc) is 2.15. The molecule has 0 unspecified atom stereocenters. The van der Waals surface area contributed by atoms with Crippen LogP contribution < -0.4 is 0 Å². The Morgan fingerprint density at radius 2 is 2.29 bits per heavy atom. The Morgan fingerprint density at radius 1 is 1.57 bits per heavy atom. The topological polar surface area (TPSA) is 59.4 Å². The highest BCUT2D eigenvalue weighted by Crippen LogP contribution is 2.10. The first kappa shape index (κ1) is 10.7. The van der Waals surface area contributed by atoms with Gasteiger partial charge in [0.05, 0.1) is 6.61 Å². The lowest BCUT2D eigenvalue weighted by Gasteiger charge is -2.07. The number of aliphatic hydroxyl groups is 1. The van der Waals surface area contributed by atoms with Crippen LogP contribution in [-0.2, 0) is 22.7 Å². The Balaban J connectivity index is 2.80. The van der Waals surface area contributed by atoms with Crippen LogP contribution in [0.3, 0.4) is 0 Å². The molecule has 4 nitrogen and oxygen atoms in total. The first-order chi connectivity index (χ1) is 6.63. The summed E-state index contributed by atoms with van der Waals surface area (Å²) in [4.78, 5) is 14.6. The van der Waals surface area contributed by atoms with Crippen molar-refractivity contribution >= 4 is 5.97 Å². The summed E-state index contributed by atoms with van der Waals surface area (Å²) < 4.78 is 4.82. The summed E-state index contributed by atoms with van der Waals surface area (Å²) in [6, 6.07) is 1.78. The van der Waals surface area contributed by atoms with Crippen LogP contribution in [0.5, 0.6) is 0 Å². The van der Waals surface area contributed by atoms with Crippen LogP contribution in [0.2, 0.25) is 0 Å². The Bertz CT molecular complexity index is 336. The van der Waals surface area contributed by atoms with Gasteiger partial charge < -0.3 is 9.84 Å². The van der Waals surface area contributed by atoms with Crippen LogP contribution >= 0.6 is 0 Å². The molecule has 0 amide bonds. The van der Waals surface area contributed by atoms with Crippen LogP contribution in [0.4, 0.5) is 0 Å². The van der Waals surface area contributed by atoms with Crippen molar-refractivity contribution in [1.29, 1.82) is 0 Å². The molecule has 1 aromatic rings. The minimum absolute atomic E-state index is 0.0695. The molecular weight excluding hydrogens is 182 g/mol. The third kappa shape index (κ3) is 2.81. The minimum Gasteiger partial charge on any atom is -0.461 e. The van der Waals surface area contributed by atoms with Gasteiger partial charge in [0.15, 0.2) is 0 Å². The lowest BCUT2D eigenvalue weighted by Crippen LogP contribution is -2.03. The summed E-state index contributed by atoms with van der Waals surface area (Å²) in [5, 5.41) is 9.04. The van der Waals surface area contributed by atoms with Gasteiger partial charge in [-0.05, 0) is 18.6 Å². The number of aryl methyl sites for hydroxylation is 1. The number of ether oxygens (including phenoxy) is 1. The van der Waals surface area contributed by atoms with Crippen molar-refractivity contribution in [1.82, 2.24) is 4.98 Å². The number of hydrogen-bond donors (Lipinski definition) is 1. The molecule has 0 saturated heterocycles. The van der Waals surface area contributed by atoms with Crippen LogP contribution in [0.15, 0.2) is 12.3 Å². The van der Waals surface area contributed by atoms with E-state index in [1.54, 1.807) is 12.3 Å². The van der Waals surface area contributed by atoms with Gasteiger partial charge in [-0.2, -0.15) is 0 Å². The molecule has 76 valence electrons. The standard InChI is InChI=1S/C10H13NO3/c1-7-3-9(5-12)10(4-11-7)6-14-8(2)13/h3-4,12H,5-6H2,1-2H3. The van der Waals surface area contributed by atoms with Crippen molar-refractivity contribution in [2.24, 2.45) is 0 Å². The number of aromatic nitrogens is 1. The SMILES string of the molecule is CC(=O)OCc1cnc(C)cc1CO. The lowest BCUT2D eigenvalue weighted by molar-refractivity contribution is -0.142. The summed E-state index contributed by atoms with van der Waals surface area (Å²) in [6.07, 6.45) is 1.61. The van der Waals surface area contributed by atoms with E-state index in [4.69, 9.17) is 9.84 Å². The molecule has 1 aromatic heterocycles. The lowest BCUT2D eigenvalue weighted by atomic mass is 10.1. The number of esters is 1. The van der Waals surface area contributed by atoms with Gasteiger partial charge in [0, 0.05) is 24.4 Å². The molecule has 0 fully saturated rings. The monoisotopic (exact) mass is 195 g/mol. The summed E-state index contributed by atoms with van der Waals surface area (Å²) in [6.45, 7) is 3.29. The van der Waals surface area contributed by atoms with Crippen molar-refractivity contribution in [3.8, 4) is 0 Å². The molecule has 4 heteroatoms. The molecule has 0 saturated carbocycles. The van der Waals surface area contributed by atoms with Crippen LogP contribution in [0.1, 0.15) is 23.7 Å². The van der Waals surface area contributed by atoms with Gasteiger partial charge in [0.25, 0.3) is 0 Å². The fraction of sp³-hybridized carbons (Fsp3) is 0.400. The average molecular weight is 195 g/mol. The zero-order valence-electron chi connectivity index (χ0n) is 8.28. The first-order valence-electron chi connectivity index (χ1n) is 4.32. The summed E-state index contributed by atoms with van der Waals surface area (Å²) in [5.41, 5.74) is 2.33. The molecule has 0 aliphatic rings. The predicted octanol–water partition coefficient (Wildman–Crippen LogP) is 0.945. The number of pyridine rings is 1. The van der Waals surface area contributed by atoms with Gasteiger partial charge in [-0.25, -0.2) is 0 Å². The van der Waals surface area contributed by atoms with E-state index in [-0.39, 0.29) is 19.2 Å². The van der Waals surface area contributed by atoms with Crippen LogP contribution in [0.25, 0.3) is 0 Å². The third-order valence-corrected chi connectivity index (χ3v) is 1.82. The molecule has 0 spiro atoms. The number of carbonyl (C=O) groups excluding carboxylic acids is 1. The second kappa shape index (κ2) is 4.72. The molecule has 0 radical (unpaired) electrons. The van der Waals surface area contributed by atoms with E-state index in [1.807, 2.05) is 6.92 Å². The highest BCUT2D eigenvalue weighted by Gasteiger charge is 2.04. The van der Waals surface area contributed by atoms with Crippen molar-refractivity contribution in [2.75, 3.05) is 0 Å². The zero-order valence-corrected chi connectivity index (χ0v) is 8.28. The third-order valence-electron chi connectivity index (χ3n) is 1.82. The van der Waals surface area contributed by atoms with E-state index in [9.17, 15) is 4.79 Å². The van der Waals surface area contributed by atoms with Gasteiger partial charge in [-0.15, -0.1) is 0 Å². The summed E-state index contributed by atoms with van der Waals surface area (Å²) >= 11 is 0. The maximum absolute atomic E-state index is 10.6. The molecular formula is C10H13NO3. The van der Waals surface area contributed by atoms with Crippen molar-refractivity contribution in [3.63, 3.8) is 0 Å². The van der Waals surface area contributed by atoms with Crippen LogP contribution in [0, 0.1) is 6.92 Å². The summed E-state index contributed by atoms with van der Waals surface area (Å²) in [5.74, 6) is -0.338.